The summed E-state index contributed by atoms with van der Waals surface area (Å²) in [4.78, 5) is 13.1. The number of ether oxygens (including phenoxy) is 1. The number of hydrogen-bond donors (Lipinski definition) is 2. The average Bonchev–Trinajstić information content (AvgIpc) is 2.75. The average molecular weight is 521 g/mol. The molecule has 30 heavy (non-hydrogen) atoms. The van der Waals surface area contributed by atoms with Gasteiger partial charge < -0.3 is 15.4 Å². The topological polar surface area (TPSA) is 71.4 Å². The molecule has 0 aliphatic carbocycles. The molecule has 6 nitrogen and oxygen atoms in total. The molecule has 0 amide bonds. The Morgan fingerprint density at radius 2 is 1.87 bits per heavy atom. The van der Waals surface area contributed by atoms with Crippen LogP contribution in [-0.4, -0.2) is 29.0 Å². The molecule has 0 saturated carbocycles. The van der Waals surface area contributed by atoms with Crippen LogP contribution in [0.3, 0.4) is 0 Å². The normalized spacial score (nSPS) is 10.8. The van der Waals surface area contributed by atoms with Crippen LogP contribution in [0.2, 0.25) is 0 Å². The zero-order valence-electron chi connectivity index (χ0n) is 16.7. The van der Waals surface area contributed by atoms with Crippen LogP contribution in [0.25, 0.3) is 0 Å². The highest BCUT2D eigenvalue weighted by molar-refractivity contribution is 14.0. The van der Waals surface area contributed by atoms with Crippen LogP contribution in [0, 0.1) is 5.82 Å². The van der Waals surface area contributed by atoms with Crippen molar-refractivity contribution < 1.29 is 9.13 Å². The highest BCUT2D eigenvalue weighted by Gasteiger charge is 2.03. The number of guanidine groups is 1. The lowest BCUT2D eigenvalue weighted by molar-refractivity contribution is 0.460. The first-order valence-electron chi connectivity index (χ1n) is 9.53. The first kappa shape index (κ1) is 23.5. The van der Waals surface area contributed by atoms with Crippen LogP contribution >= 0.6 is 24.0 Å². The minimum atomic E-state index is -0.306. The predicted molar refractivity (Wildman–Crippen MR) is 127 cm³/mol. The van der Waals surface area contributed by atoms with Gasteiger partial charge in [0.25, 0.3) is 0 Å². The molecule has 0 fully saturated rings. The van der Waals surface area contributed by atoms with Gasteiger partial charge in [-0.05, 0) is 55.0 Å². The summed E-state index contributed by atoms with van der Waals surface area (Å²) in [6.45, 7) is 4.00. The van der Waals surface area contributed by atoms with Gasteiger partial charge in [0.2, 0.25) is 5.88 Å². The summed E-state index contributed by atoms with van der Waals surface area (Å²) < 4.78 is 18.7. The smallest absolute Gasteiger partial charge is 0.219 e. The molecule has 0 spiro atoms. The Balaban J connectivity index is 0.00000320. The van der Waals surface area contributed by atoms with Crippen LogP contribution < -0.4 is 15.4 Å². The summed E-state index contributed by atoms with van der Waals surface area (Å²) in [5.41, 5.74) is 1.99. The lowest BCUT2D eigenvalue weighted by atomic mass is 10.2. The molecule has 0 saturated heterocycles. The van der Waals surface area contributed by atoms with Crippen molar-refractivity contribution in [3.8, 4) is 11.6 Å². The van der Waals surface area contributed by atoms with Gasteiger partial charge in [0.1, 0.15) is 11.6 Å². The molecule has 8 heteroatoms. The third-order valence-corrected chi connectivity index (χ3v) is 4.00. The fraction of sp³-hybridized carbons (Fsp3) is 0.227. The van der Waals surface area contributed by atoms with E-state index in [0.29, 0.717) is 18.2 Å². The van der Waals surface area contributed by atoms with Crippen molar-refractivity contribution in [3.63, 3.8) is 0 Å². The molecular weight excluding hydrogens is 496 g/mol. The highest BCUT2D eigenvalue weighted by atomic mass is 127. The number of benzene rings is 1. The number of pyridine rings is 2. The van der Waals surface area contributed by atoms with E-state index in [9.17, 15) is 4.39 Å². The summed E-state index contributed by atoms with van der Waals surface area (Å²) in [5, 5.41) is 6.55. The fourth-order valence-corrected chi connectivity index (χ4v) is 2.60. The van der Waals surface area contributed by atoms with Crippen LogP contribution in [-0.2, 0) is 13.0 Å². The third kappa shape index (κ3) is 7.94. The zero-order chi connectivity index (χ0) is 20.3. The molecule has 2 N–H and O–H groups in total. The molecular formula is C22H25FIN5O. The van der Waals surface area contributed by atoms with Gasteiger partial charge in [-0.1, -0.05) is 6.07 Å². The molecule has 158 valence electrons. The van der Waals surface area contributed by atoms with Gasteiger partial charge in [0.15, 0.2) is 5.96 Å². The molecule has 0 aliphatic rings. The molecule has 3 rings (SSSR count). The lowest BCUT2D eigenvalue weighted by Gasteiger charge is -2.11. The number of nitrogens with one attached hydrogen (secondary N) is 2. The molecule has 2 heterocycles. The molecule has 0 unspecified atom stereocenters. The number of rotatable bonds is 8. The van der Waals surface area contributed by atoms with Crippen molar-refractivity contribution in [2.45, 2.75) is 19.9 Å². The minimum absolute atomic E-state index is 0. The summed E-state index contributed by atoms with van der Waals surface area (Å²) in [7, 11) is 0. The lowest BCUT2D eigenvalue weighted by Crippen LogP contribution is -2.38. The van der Waals surface area contributed by atoms with E-state index in [4.69, 9.17) is 4.74 Å². The second-order valence-electron chi connectivity index (χ2n) is 6.25. The van der Waals surface area contributed by atoms with Crippen LogP contribution in [0.5, 0.6) is 11.6 Å². The standard InChI is InChI=1S/C22H24FN5O.HI/c1-2-24-22(27-14-11-19-5-3-4-12-25-19)28-16-17-10-13-26-21(15-17)29-20-8-6-18(23)7-9-20;/h3-10,12-13,15H,2,11,14,16H2,1H3,(H2,24,27,28);1H. The van der Waals surface area contributed by atoms with Gasteiger partial charge in [-0.25, -0.2) is 14.4 Å². The summed E-state index contributed by atoms with van der Waals surface area (Å²) in [5.74, 6) is 1.41. The van der Waals surface area contributed by atoms with E-state index >= 15 is 0 Å². The maximum Gasteiger partial charge on any atom is 0.219 e. The Morgan fingerprint density at radius 3 is 2.60 bits per heavy atom. The van der Waals surface area contributed by atoms with Crippen LogP contribution in [0.15, 0.2) is 72.0 Å². The summed E-state index contributed by atoms with van der Waals surface area (Å²) >= 11 is 0. The third-order valence-electron chi connectivity index (χ3n) is 4.00. The van der Waals surface area contributed by atoms with Gasteiger partial charge in [0.05, 0.1) is 6.54 Å². The highest BCUT2D eigenvalue weighted by Crippen LogP contribution is 2.20. The Hall–Kier alpha value is -2.75. The Morgan fingerprint density at radius 1 is 1.03 bits per heavy atom. The largest absolute Gasteiger partial charge is 0.439 e. The first-order valence-corrected chi connectivity index (χ1v) is 9.53. The van der Waals surface area contributed by atoms with Gasteiger partial charge in [-0.3, -0.25) is 4.98 Å². The van der Waals surface area contributed by atoms with E-state index in [1.54, 1.807) is 24.5 Å². The number of halogens is 2. The van der Waals surface area contributed by atoms with E-state index < -0.39 is 0 Å². The minimum Gasteiger partial charge on any atom is -0.439 e. The van der Waals surface area contributed by atoms with Crippen LogP contribution in [0.1, 0.15) is 18.2 Å². The van der Waals surface area contributed by atoms with Crippen molar-refractivity contribution in [1.82, 2.24) is 20.6 Å². The van der Waals surface area contributed by atoms with E-state index in [-0.39, 0.29) is 29.8 Å². The zero-order valence-corrected chi connectivity index (χ0v) is 19.0. The van der Waals surface area contributed by atoms with E-state index in [0.717, 1.165) is 36.7 Å². The second-order valence-corrected chi connectivity index (χ2v) is 6.25. The van der Waals surface area contributed by atoms with E-state index in [1.807, 2.05) is 37.3 Å². The van der Waals surface area contributed by atoms with Crippen molar-refractivity contribution in [2.75, 3.05) is 13.1 Å². The molecule has 0 aliphatic heterocycles. The molecule has 0 atom stereocenters. The van der Waals surface area contributed by atoms with Gasteiger partial charge in [0, 0.05) is 43.7 Å². The molecule has 2 aromatic heterocycles. The molecule has 1 aromatic carbocycles. The molecule has 3 aromatic rings. The molecule has 0 bridgehead atoms. The van der Waals surface area contributed by atoms with Crippen molar-refractivity contribution in [3.05, 3.63) is 84.1 Å². The van der Waals surface area contributed by atoms with Gasteiger partial charge in [-0.2, -0.15) is 0 Å². The number of hydrogen-bond acceptors (Lipinski definition) is 4. The maximum absolute atomic E-state index is 13.0. The monoisotopic (exact) mass is 521 g/mol. The number of aromatic nitrogens is 2. The number of nitrogens with zero attached hydrogens (tertiary/aromatic N) is 3. The second kappa shape index (κ2) is 12.7. The fourth-order valence-electron chi connectivity index (χ4n) is 2.60. The SMILES string of the molecule is CCNC(=NCc1ccnc(Oc2ccc(F)cc2)c1)NCCc1ccccn1.I. The Bertz CT molecular complexity index is 922. The molecule has 0 radical (unpaired) electrons. The van der Waals surface area contributed by atoms with Gasteiger partial charge in [-0.15, -0.1) is 24.0 Å². The van der Waals surface area contributed by atoms with Crippen molar-refractivity contribution in [1.29, 1.82) is 0 Å². The van der Waals surface area contributed by atoms with Crippen molar-refractivity contribution in [2.24, 2.45) is 4.99 Å². The Labute approximate surface area is 193 Å². The van der Waals surface area contributed by atoms with E-state index in [2.05, 4.69) is 25.6 Å². The number of aliphatic imine (C=N–C) groups is 1. The summed E-state index contributed by atoms with van der Waals surface area (Å²) in [6.07, 6.45) is 4.28. The Kier molecular flexibility index (Phi) is 9.99. The van der Waals surface area contributed by atoms with Gasteiger partial charge >= 0.3 is 0 Å². The predicted octanol–water partition coefficient (Wildman–Crippen LogP) is 4.32. The summed E-state index contributed by atoms with van der Waals surface area (Å²) in [6, 6.07) is 15.4. The van der Waals surface area contributed by atoms with Crippen LogP contribution in [0.4, 0.5) is 4.39 Å². The van der Waals surface area contributed by atoms with E-state index in [1.165, 1.54) is 12.1 Å². The quantitative estimate of drug-likeness (QED) is 0.263. The van der Waals surface area contributed by atoms with Crippen molar-refractivity contribution >= 4 is 29.9 Å². The first-order chi connectivity index (χ1) is 14.2. The maximum atomic E-state index is 13.0.